The van der Waals surface area contributed by atoms with Gasteiger partial charge in [0.25, 0.3) is 0 Å². The number of pyridine rings is 1. The summed E-state index contributed by atoms with van der Waals surface area (Å²) in [6.45, 7) is 2.78. The molecule has 0 aliphatic carbocycles. The van der Waals surface area contributed by atoms with Crippen molar-refractivity contribution >= 4 is 10.9 Å². The minimum atomic E-state index is 0.405. The number of aromatic nitrogens is 1. The molecule has 1 heterocycles. The molecule has 114 valence electrons. The summed E-state index contributed by atoms with van der Waals surface area (Å²) in [6, 6.07) is 9.95. The second-order valence-electron chi connectivity index (χ2n) is 4.66. The zero-order chi connectivity index (χ0) is 14.9. The number of hydrogen-bond acceptors (Lipinski definition) is 5. The molecular formula is C16H22N2O3. The lowest BCUT2D eigenvalue weighted by molar-refractivity contribution is 0.0794. The lowest BCUT2D eigenvalue weighted by atomic mass is 10.1. The monoisotopic (exact) mass is 290 g/mol. The first kappa shape index (κ1) is 15.7. The molecule has 0 bridgehead atoms. The Morgan fingerprint density at radius 1 is 1.10 bits per heavy atom. The van der Waals surface area contributed by atoms with Gasteiger partial charge in [-0.1, -0.05) is 18.2 Å². The second-order valence-corrected chi connectivity index (χ2v) is 4.66. The van der Waals surface area contributed by atoms with Crippen LogP contribution in [0.25, 0.3) is 10.9 Å². The van der Waals surface area contributed by atoms with Crippen LogP contribution in [0.2, 0.25) is 0 Å². The Balaban J connectivity index is 1.88. The largest absolute Gasteiger partial charge is 0.475 e. The normalized spacial score (nSPS) is 11.0. The number of ether oxygens (including phenoxy) is 3. The average Bonchev–Trinajstić information content (AvgIpc) is 2.53. The number of para-hydroxylation sites is 1. The molecule has 21 heavy (non-hydrogen) atoms. The zero-order valence-electron chi connectivity index (χ0n) is 12.4. The third-order valence-electron chi connectivity index (χ3n) is 3.09. The molecule has 0 spiro atoms. The standard InChI is InChI=1S/C16H22N2O3/c1-19-7-4-8-20-9-10-21-16-14(12-17)11-13-5-2-3-6-15(13)18-16/h2-3,5-6,11H,4,7-10,12,17H2,1H3. The molecule has 5 heteroatoms. The lowest BCUT2D eigenvalue weighted by Crippen LogP contribution is -2.11. The van der Waals surface area contributed by atoms with Crippen molar-refractivity contribution in [3.05, 3.63) is 35.9 Å². The van der Waals surface area contributed by atoms with Crippen LogP contribution < -0.4 is 10.5 Å². The van der Waals surface area contributed by atoms with Crippen molar-refractivity contribution in [1.29, 1.82) is 0 Å². The predicted molar refractivity (Wildman–Crippen MR) is 82.4 cm³/mol. The number of hydrogen-bond donors (Lipinski definition) is 1. The highest BCUT2D eigenvalue weighted by Crippen LogP contribution is 2.21. The van der Waals surface area contributed by atoms with Crippen LogP contribution in [0.15, 0.2) is 30.3 Å². The highest BCUT2D eigenvalue weighted by atomic mass is 16.5. The van der Waals surface area contributed by atoms with E-state index in [0.29, 0.717) is 38.9 Å². The van der Waals surface area contributed by atoms with Crippen molar-refractivity contribution in [3.63, 3.8) is 0 Å². The number of benzene rings is 1. The predicted octanol–water partition coefficient (Wildman–Crippen LogP) is 2.13. The molecule has 0 saturated carbocycles. The van der Waals surface area contributed by atoms with Crippen LogP contribution in [0.1, 0.15) is 12.0 Å². The summed E-state index contributed by atoms with van der Waals surface area (Å²) in [5.41, 5.74) is 7.58. The van der Waals surface area contributed by atoms with Gasteiger partial charge in [0.05, 0.1) is 12.1 Å². The molecule has 0 aliphatic rings. The minimum Gasteiger partial charge on any atom is -0.475 e. The van der Waals surface area contributed by atoms with Crippen LogP contribution in [-0.4, -0.2) is 38.5 Å². The minimum absolute atomic E-state index is 0.405. The first-order valence-corrected chi connectivity index (χ1v) is 7.13. The van der Waals surface area contributed by atoms with Gasteiger partial charge < -0.3 is 19.9 Å². The fraction of sp³-hybridized carbons (Fsp3) is 0.438. The molecule has 0 unspecified atom stereocenters. The molecule has 2 aromatic rings. The molecule has 0 aliphatic heterocycles. The Labute approximate surface area is 125 Å². The highest BCUT2D eigenvalue weighted by molar-refractivity contribution is 5.79. The molecule has 0 radical (unpaired) electrons. The van der Waals surface area contributed by atoms with Gasteiger partial charge in [-0.15, -0.1) is 0 Å². The first-order chi connectivity index (χ1) is 10.3. The van der Waals surface area contributed by atoms with Crippen LogP contribution >= 0.6 is 0 Å². The maximum Gasteiger partial charge on any atom is 0.218 e. The summed E-state index contributed by atoms with van der Waals surface area (Å²) in [7, 11) is 1.68. The van der Waals surface area contributed by atoms with E-state index in [1.165, 1.54) is 0 Å². The van der Waals surface area contributed by atoms with Crippen LogP contribution in [0.5, 0.6) is 5.88 Å². The molecule has 2 rings (SSSR count). The number of fused-ring (bicyclic) bond motifs is 1. The quantitative estimate of drug-likeness (QED) is 0.717. The van der Waals surface area contributed by atoms with E-state index in [1.807, 2.05) is 30.3 Å². The van der Waals surface area contributed by atoms with E-state index in [9.17, 15) is 0 Å². The van der Waals surface area contributed by atoms with E-state index in [4.69, 9.17) is 19.9 Å². The SMILES string of the molecule is COCCCOCCOc1nc2ccccc2cc1CN. The van der Waals surface area contributed by atoms with Crippen LogP contribution in [0, 0.1) is 0 Å². The Morgan fingerprint density at radius 2 is 1.95 bits per heavy atom. The van der Waals surface area contributed by atoms with Crippen molar-refractivity contribution in [3.8, 4) is 5.88 Å². The molecule has 1 aromatic carbocycles. The van der Waals surface area contributed by atoms with Gasteiger partial charge in [-0.3, -0.25) is 0 Å². The Morgan fingerprint density at radius 3 is 2.76 bits per heavy atom. The van der Waals surface area contributed by atoms with Gasteiger partial charge in [-0.2, -0.15) is 0 Å². The van der Waals surface area contributed by atoms with Gasteiger partial charge in [0, 0.05) is 37.8 Å². The van der Waals surface area contributed by atoms with E-state index < -0.39 is 0 Å². The van der Waals surface area contributed by atoms with Crippen molar-refractivity contribution in [1.82, 2.24) is 4.98 Å². The summed E-state index contributed by atoms with van der Waals surface area (Å²) in [6.07, 6.45) is 0.888. The summed E-state index contributed by atoms with van der Waals surface area (Å²) in [4.78, 5) is 4.52. The number of nitrogens with two attached hydrogens (primary N) is 1. The molecule has 5 nitrogen and oxygen atoms in total. The summed E-state index contributed by atoms with van der Waals surface area (Å²) >= 11 is 0. The molecule has 0 amide bonds. The van der Waals surface area contributed by atoms with Crippen LogP contribution in [0.4, 0.5) is 0 Å². The van der Waals surface area contributed by atoms with E-state index in [-0.39, 0.29) is 0 Å². The first-order valence-electron chi connectivity index (χ1n) is 7.13. The number of rotatable bonds is 9. The summed E-state index contributed by atoms with van der Waals surface area (Å²) in [5.74, 6) is 0.594. The lowest BCUT2D eigenvalue weighted by Gasteiger charge is -2.11. The van der Waals surface area contributed by atoms with Gasteiger partial charge in [0.15, 0.2) is 0 Å². The van der Waals surface area contributed by atoms with E-state index in [1.54, 1.807) is 7.11 Å². The third-order valence-corrected chi connectivity index (χ3v) is 3.09. The third kappa shape index (κ3) is 4.67. The van der Waals surface area contributed by atoms with Crippen molar-refractivity contribution in [2.45, 2.75) is 13.0 Å². The van der Waals surface area contributed by atoms with Crippen LogP contribution in [-0.2, 0) is 16.0 Å². The summed E-state index contributed by atoms with van der Waals surface area (Å²) < 4.78 is 16.1. The molecule has 0 fully saturated rings. The molecule has 2 N–H and O–H groups in total. The van der Waals surface area contributed by atoms with E-state index in [0.717, 1.165) is 22.9 Å². The molecule has 0 atom stereocenters. The van der Waals surface area contributed by atoms with E-state index in [2.05, 4.69) is 4.98 Å². The zero-order valence-corrected chi connectivity index (χ0v) is 12.4. The van der Waals surface area contributed by atoms with Crippen LogP contribution in [0.3, 0.4) is 0 Å². The Hall–Kier alpha value is -1.69. The summed E-state index contributed by atoms with van der Waals surface area (Å²) in [5, 5.41) is 1.07. The van der Waals surface area contributed by atoms with Gasteiger partial charge >= 0.3 is 0 Å². The maximum absolute atomic E-state index is 5.76. The van der Waals surface area contributed by atoms with E-state index >= 15 is 0 Å². The molecule has 0 saturated heterocycles. The number of methoxy groups -OCH3 is 1. The highest BCUT2D eigenvalue weighted by Gasteiger charge is 2.06. The Kier molecular flexibility index (Phi) is 6.40. The molecule has 1 aromatic heterocycles. The topological polar surface area (TPSA) is 66.6 Å². The second kappa shape index (κ2) is 8.56. The average molecular weight is 290 g/mol. The smallest absolute Gasteiger partial charge is 0.218 e. The van der Waals surface area contributed by atoms with Gasteiger partial charge in [0.1, 0.15) is 6.61 Å². The number of nitrogens with zero attached hydrogens (tertiary/aromatic N) is 1. The maximum atomic E-state index is 5.76. The van der Waals surface area contributed by atoms with Crippen molar-refractivity contribution < 1.29 is 14.2 Å². The fourth-order valence-electron chi connectivity index (χ4n) is 2.02. The van der Waals surface area contributed by atoms with Gasteiger partial charge in [-0.05, 0) is 18.6 Å². The Bertz CT molecular complexity index is 560. The van der Waals surface area contributed by atoms with Gasteiger partial charge in [-0.25, -0.2) is 4.98 Å². The van der Waals surface area contributed by atoms with Gasteiger partial charge in [0.2, 0.25) is 5.88 Å². The fourth-order valence-corrected chi connectivity index (χ4v) is 2.02. The molecular weight excluding hydrogens is 268 g/mol. The van der Waals surface area contributed by atoms with Crippen molar-refractivity contribution in [2.75, 3.05) is 33.5 Å². The van der Waals surface area contributed by atoms with Crippen molar-refractivity contribution in [2.24, 2.45) is 5.73 Å².